The summed E-state index contributed by atoms with van der Waals surface area (Å²) >= 11 is 0. The van der Waals surface area contributed by atoms with Gasteiger partial charge < -0.3 is 5.32 Å². The number of carbonyl (C=O) groups is 1. The van der Waals surface area contributed by atoms with E-state index in [9.17, 15) is 13.2 Å². The number of rotatable bonds is 6. The number of allylic oxidation sites excluding steroid dienone is 3. The molecule has 0 spiro atoms. The lowest BCUT2D eigenvalue weighted by Crippen LogP contribution is -2.40. The number of nitrogens with one attached hydrogen (secondary N) is 2. The van der Waals surface area contributed by atoms with Crippen molar-refractivity contribution in [3.63, 3.8) is 0 Å². The highest BCUT2D eigenvalue weighted by Crippen LogP contribution is 2.24. The molecule has 1 aliphatic carbocycles. The molecule has 1 aromatic carbocycles. The maximum Gasteiger partial charge on any atom is 0.241 e. The molecular formula is C20H28N2O3S. The Hall–Kier alpha value is -1.92. The Labute approximate surface area is 156 Å². The molecule has 1 aromatic rings. The molecule has 5 nitrogen and oxygen atoms in total. The van der Waals surface area contributed by atoms with Gasteiger partial charge in [0.2, 0.25) is 15.9 Å². The molecule has 0 heterocycles. The van der Waals surface area contributed by atoms with Crippen molar-refractivity contribution in [3.05, 3.63) is 48.1 Å². The summed E-state index contributed by atoms with van der Waals surface area (Å²) in [4.78, 5) is 12.8. The van der Waals surface area contributed by atoms with Gasteiger partial charge in [-0.1, -0.05) is 25.2 Å². The Bertz CT molecular complexity index is 800. The first-order chi connectivity index (χ1) is 12.1. The van der Waals surface area contributed by atoms with Crippen molar-refractivity contribution in [2.24, 2.45) is 5.92 Å². The minimum absolute atomic E-state index is 0.0753. The second-order valence-corrected chi connectivity index (χ2v) is 9.20. The molecule has 2 rings (SSSR count). The molecule has 0 aromatic heterocycles. The van der Waals surface area contributed by atoms with E-state index in [1.165, 1.54) is 12.1 Å². The van der Waals surface area contributed by atoms with E-state index in [-0.39, 0.29) is 16.7 Å². The molecule has 0 saturated carbocycles. The van der Waals surface area contributed by atoms with Crippen LogP contribution in [0.25, 0.3) is 0 Å². The van der Waals surface area contributed by atoms with Crippen LogP contribution in [0.4, 0.5) is 5.69 Å². The lowest BCUT2D eigenvalue weighted by Gasteiger charge is -2.20. The average Bonchev–Trinajstić information content (AvgIpc) is 2.55. The second-order valence-electron chi connectivity index (χ2n) is 7.51. The van der Waals surface area contributed by atoms with Gasteiger partial charge in [-0.25, -0.2) is 13.1 Å². The normalized spacial score (nSPS) is 16.1. The van der Waals surface area contributed by atoms with Crippen molar-refractivity contribution in [2.75, 3.05) is 5.32 Å². The lowest BCUT2D eigenvalue weighted by molar-refractivity contribution is -0.118. The molecule has 6 heteroatoms. The van der Waals surface area contributed by atoms with E-state index in [1.807, 2.05) is 13.0 Å². The molecule has 26 heavy (non-hydrogen) atoms. The monoisotopic (exact) mass is 376 g/mol. The van der Waals surface area contributed by atoms with Crippen molar-refractivity contribution < 1.29 is 13.2 Å². The van der Waals surface area contributed by atoms with Crippen LogP contribution in [0.1, 0.15) is 47.0 Å². The van der Waals surface area contributed by atoms with Gasteiger partial charge in [-0.2, -0.15) is 0 Å². The third-order valence-electron chi connectivity index (χ3n) is 4.02. The van der Waals surface area contributed by atoms with E-state index in [4.69, 9.17) is 0 Å². The third kappa shape index (κ3) is 5.54. The molecule has 1 unspecified atom stereocenters. The number of hydrogen-bond donors (Lipinski definition) is 2. The molecule has 142 valence electrons. The quantitative estimate of drug-likeness (QED) is 0.788. The number of anilines is 1. The van der Waals surface area contributed by atoms with Gasteiger partial charge in [-0.05, 0) is 69.9 Å². The Morgan fingerprint density at radius 2 is 1.81 bits per heavy atom. The van der Waals surface area contributed by atoms with Crippen LogP contribution in [0, 0.1) is 5.92 Å². The largest absolute Gasteiger partial charge is 0.326 e. The maximum absolute atomic E-state index is 12.6. The van der Waals surface area contributed by atoms with Crippen LogP contribution in [0.2, 0.25) is 0 Å². The Kier molecular flexibility index (Phi) is 6.42. The Morgan fingerprint density at radius 1 is 1.15 bits per heavy atom. The van der Waals surface area contributed by atoms with Crippen molar-refractivity contribution >= 4 is 21.6 Å². The molecule has 1 atom stereocenters. The highest BCUT2D eigenvalue weighted by Gasteiger charge is 2.23. The molecule has 0 bridgehead atoms. The van der Waals surface area contributed by atoms with Gasteiger partial charge in [0.05, 0.1) is 10.8 Å². The van der Waals surface area contributed by atoms with E-state index in [1.54, 1.807) is 32.9 Å². The van der Waals surface area contributed by atoms with E-state index >= 15 is 0 Å². The minimum Gasteiger partial charge on any atom is -0.326 e. The molecule has 0 fully saturated rings. The first kappa shape index (κ1) is 20.4. The summed E-state index contributed by atoms with van der Waals surface area (Å²) in [6.07, 6.45) is 8.91. The fraction of sp³-hybridized carbons (Fsp3) is 0.450. The lowest BCUT2D eigenvalue weighted by atomic mass is 9.91. The summed E-state index contributed by atoms with van der Waals surface area (Å²) in [5.74, 6) is -0.272. The number of benzene rings is 1. The summed E-state index contributed by atoms with van der Waals surface area (Å²) in [5.41, 5.74) is 1.08. The number of sulfonamides is 1. The fourth-order valence-corrected chi connectivity index (χ4v) is 4.29. The third-order valence-corrected chi connectivity index (χ3v) is 5.80. The Morgan fingerprint density at radius 3 is 2.31 bits per heavy atom. The molecular weight excluding hydrogens is 348 g/mol. The highest BCUT2D eigenvalue weighted by atomic mass is 32.2. The van der Waals surface area contributed by atoms with Crippen LogP contribution in [-0.2, 0) is 14.8 Å². The summed E-state index contributed by atoms with van der Waals surface area (Å²) in [5, 5.41) is 2.89. The smallest absolute Gasteiger partial charge is 0.241 e. The van der Waals surface area contributed by atoms with Gasteiger partial charge in [-0.3, -0.25) is 4.79 Å². The van der Waals surface area contributed by atoms with E-state index < -0.39 is 15.6 Å². The van der Waals surface area contributed by atoms with Crippen molar-refractivity contribution in [2.45, 2.75) is 57.4 Å². The van der Waals surface area contributed by atoms with E-state index in [0.717, 1.165) is 18.4 Å². The zero-order valence-corrected chi connectivity index (χ0v) is 16.7. The zero-order chi connectivity index (χ0) is 19.4. The van der Waals surface area contributed by atoms with Gasteiger partial charge >= 0.3 is 0 Å². The number of hydrogen-bond acceptors (Lipinski definition) is 3. The van der Waals surface area contributed by atoms with E-state index in [0.29, 0.717) is 12.1 Å². The maximum atomic E-state index is 12.6. The van der Waals surface area contributed by atoms with E-state index in [2.05, 4.69) is 22.2 Å². The van der Waals surface area contributed by atoms with Gasteiger partial charge in [-0.15, -0.1) is 0 Å². The first-order valence-electron chi connectivity index (χ1n) is 8.94. The molecule has 0 aliphatic heterocycles. The van der Waals surface area contributed by atoms with Gasteiger partial charge in [0, 0.05) is 11.2 Å². The second kappa shape index (κ2) is 8.18. The molecule has 1 aliphatic rings. The topological polar surface area (TPSA) is 75.3 Å². The number of amides is 1. The average molecular weight is 377 g/mol. The standard InChI is InChI=1S/C20H28N2O3S/c1-5-18(15-9-7-6-8-10-15)19(23)21-16-11-13-17(14-12-16)26(24,25)22-20(2,3)4/h7,9-14,18,22H,5-6,8H2,1-4H3,(H,21,23). The van der Waals surface area contributed by atoms with Gasteiger partial charge in [0.15, 0.2) is 0 Å². The summed E-state index contributed by atoms with van der Waals surface area (Å²) in [6, 6.07) is 6.24. The summed E-state index contributed by atoms with van der Waals surface area (Å²) in [7, 11) is -3.58. The fourth-order valence-electron chi connectivity index (χ4n) is 2.87. The molecule has 0 saturated heterocycles. The van der Waals surface area contributed by atoms with Crippen LogP contribution in [-0.4, -0.2) is 19.9 Å². The molecule has 1 amide bonds. The van der Waals surface area contributed by atoms with Crippen LogP contribution >= 0.6 is 0 Å². The molecule has 2 N–H and O–H groups in total. The predicted molar refractivity (Wildman–Crippen MR) is 105 cm³/mol. The number of carbonyl (C=O) groups excluding carboxylic acids is 1. The van der Waals surface area contributed by atoms with Gasteiger partial charge in [0.1, 0.15) is 0 Å². The van der Waals surface area contributed by atoms with Crippen LogP contribution in [0.5, 0.6) is 0 Å². The predicted octanol–water partition coefficient (Wildman–Crippen LogP) is 4.00. The van der Waals surface area contributed by atoms with Crippen LogP contribution in [0.15, 0.2) is 53.0 Å². The van der Waals surface area contributed by atoms with Gasteiger partial charge in [0.25, 0.3) is 0 Å². The van der Waals surface area contributed by atoms with Crippen molar-refractivity contribution in [1.82, 2.24) is 4.72 Å². The van der Waals surface area contributed by atoms with Crippen molar-refractivity contribution in [3.8, 4) is 0 Å². The van der Waals surface area contributed by atoms with Crippen LogP contribution in [0.3, 0.4) is 0 Å². The van der Waals surface area contributed by atoms with Crippen LogP contribution < -0.4 is 10.0 Å². The highest BCUT2D eigenvalue weighted by molar-refractivity contribution is 7.89. The SMILES string of the molecule is CCC(C(=O)Nc1ccc(S(=O)(=O)NC(C)(C)C)cc1)C1=CCCC=C1. The summed E-state index contributed by atoms with van der Waals surface area (Å²) < 4.78 is 27.3. The Balaban J connectivity index is 2.10. The van der Waals surface area contributed by atoms with Crippen molar-refractivity contribution in [1.29, 1.82) is 0 Å². The summed E-state index contributed by atoms with van der Waals surface area (Å²) in [6.45, 7) is 7.36. The zero-order valence-electron chi connectivity index (χ0n) is 15.9. The first-order valence-corrected chi connectivity index (χ1v) is 10.4. The molecule has 0 radical (unpaired) electrons. The minimum atomic E-state index is -3.58.